The first kappa shape index (κ1) is 11.4. The van der Waals surface area contributed by atoms with Gasteiger partial charge in [-0.15, -0.1) is 0 Å². The van der Waals surface area contributed by atoms with E-state index in [2.05, 4.69) is 20.4 Å². The van der Waals surface area contributed by atoms with E-state index in [9.17, 15) is 0 Å². The van der Waals surface area contributed by atoms with Crippen LogP contribution in [0.25, 0.3) is 0 Å². The van der Waals surface area contributed by atoms with Crippen LogP contribution in [0, 0.1) is 0 Å². The third-order valence-corrected chi connectivity index (χ3v) is 2.04. The number of hydrogen-bond donors (Lipinski definition) is 1. The van der Waals surface area contributed by atoms with Crippen molar-refractivity contribution >= 4 is 11.8 Å². The molecular weight excluding hydrogens is 218 g/mol. The van der Waals surface area contributed by atoms with Gasteiger partial charge in [0, 0.05) is 31.6 Å². The summed E-state index contributed by atoms with van der Waals surface area (Å²) in [5, 5.41) is 7.19. The summed E-state index contributed by atoms with van der Waals surface area (Å²) in [5.74, 6) is 1.76. The number of nitrogens with zero attached hydrogens (tertiary/aromatic N) is 4. The van der Waals surface area contributed by atoms with Crippen LogP contribution in [0.4, 0.5) is 11.8 Å². The van der Waals surface area contributed by atoms with Crippen LogP contribution in [-0.4, -0.2) is 26.4 Å². The Kier molecular flexibility index (Phi) is 3.54. The maximum atomic E-state index is 5.42. The molecule has 1 N–H and O–H groups in total. The first-order valence-electron chi connectivity index (χ1n) is 5.50. The normalized spacial score (nSPS) is 10.2. The molecule has 2 heterocycles. The quantitative estimate of drug-likeness (QED) is 0.852. The maximum absolute atomic E-state index is 5.42. The minimum Gasteiger partial charge on any atom is -0.478 e. The molecule has 2 rings (SSSR count). The Morgan fingerprint density at radius 3 is 3.00 bits per heavy atom. The van der Waals surface area contributed by atoms with Gasteiger partial charge in [-0.2, -0.15) is 10.1 Å². The zero-order chi connectivity index (χ0) is 12.1. The van der Waals surface area contributed by atoms with Crippen molar-refractivity contribution in [1.29, 1.82) is 0 Å². The lowest BCUT2D eigenvalue weighted by Gasteiger charge is -2.05. The van der Waals surface area contributed by atoms with Gasteiger partial charge < -0.3 is 10.1 Å². The zero-order valence-corrected chi connectivity index (χ0v) is 9.92. The lowest BCUT2D eigenvalue weighted by atomic mass is 10.5. The van der Waals surface area contributed by atoms with E-state index >= 15 is 0 Å². The molecule has 0 saturated heterocycles. The summed E-state index contributed by atoms with van der Waals surface area (Å²) >= 11 is 0. The van der Waals surface area contributed by atoms with E-state index in [-0.39, 0.29) is 0 Å². The van der Waals surface area contributed by atoms with Gasteiger partial charge in [0.2, 0.25) is 11.8 Å². The van der Waals surface area contributed by atoms with Gasteiger partial charge in [-0.25, -0.2) is 4.98 Å². The number of rotatable bonds is 5. The molecule has 6 nitrogen and oxygen atoms in total. The zero-order valence-electron chi connectivity index (χ0n) is 9.92. The molecule has 0 bridgehead atoms. The second kappa shape index (κ2) is 5.29. The molecule has 0 aliphatic carbocycles. The monoisotopic (exact) mass is 233 g/mol. The lowest BCUT2D eigenvalue weighted by molar-refractivity contribution is 0.305. The standard InChI is InChI=1S/C11H15N5O/c1-3-8-17-10-4-6-12-11(14-10)13-9-5-7-16(2)15-9/h4-7H,3,8H2,1-2H3,(H,12,13,14,15). The maximum Gasteiger partial charge on any atom is 0.231 e. The molecule has 0 amide bonds. The highest BCUT2D eigenvalue weighted by Crippen LogP contribution is 2.12. The third-order valence-electron chi connectivity index (χ3n) is 2.04. The van der Waals surface area contributed by atoms with Crippen molar-refractivity contribution < 1.29 is 4.74 Å². The number of aromatic nitrogens is 4. The van der Waals surface area contributed by atoms with Crippen molar-refractivity contribution in [2.45, 2.75) is 13.3 Å². The Balaban J connectivity index is 2.05. The molecule has 0 spiro atoms. The first-order chi connectivity index (χ1) is 8.28. The van der Waals surface area contributed by atoms with Gasteiger partial charge in [-0.05, 0) is 6.42 Å². The van der Waals surface area contributed by atoms with E-state index in [0.717, 1.165) is 6.42 Å². The average Bonchev–Trinajstić information content (AvgIpc) is 2.73. The van der Waals surface area contributed by atoms with Gasteiger partial charge >= 0.3 is 0 Å². The lowest BCUT2D eigenvalue weighted by Crippen LogP contribution is -2.02. The van der Waals surface area contributed by atoms with E-state index in [4.69, 9.17) is 4.74 Å². The van der Waals surface area contributed by atoms with Crippen LogP contribution in [0.1, 0.15) is 13.3 Å². The van der Waals surface area contributed by atoms with Crippen molar-refractivity contribution in [3.63, 3.8) is 0 Å². The molecular formula is C11H15N5O. The van der Waals surface area contributed by atoms with E-state index in [0.29, 0.717) is 24.3 Å². The van der Waals surface area contributed by atoms with Crippen LogP contribution in [-0.2, 0) is 7.05 Å². The Morgan fingerprint density at radius 2 is 2.29 bits per heavy atom. The molecule has 0 aromatic carbocycles. The predicted octanol–water partition coefficient (Wildman–Crippen LogP) is 1.74. The minimum absolute atomic E-state index is 0.484. The van der Waals surface area contributed by atoms with Crippen LogP contribution >= 0.6 is 0 Å². The number of aryl methyl sites for hydroxylation is 1. The fourth-order valence-corrected chi connectivity index (χ4v) is 1.29. The van der Waals surface area contributed by atoms with Crippen molar-refractivity contribution in [3.8, 4) is 5.88 Å². The summed E-state index contributed by atoms with van der Waals surface area (Å²) in [6.07, 6.45) is 4.45. The second-order valence-corrected chi connectivity index (χ2v) is 3.57. The highest BCUT2D eigenvalue weighted by atomic mass is 16.5. The predicted molar refractivity (Wildman–Crippen MR) is 64.3 cm³/mol. The molecule has 17 heavy (non-hydrogen) atoms. The summed E-state index contributed by atoms with van der Waals surface area (Å²) in [5.41, 5.74) is 0. The highest BCUT2D eigenvalue weighted by molar-refractivity contribution is 5.46. The molecule has 90 valence electrons. The van der Waals surface area contributed by atoms with Gasteiger partial charge in [0.05, 0.1) is 6.61 Å². The SMILES string of the molecule is CCCOc1ccnc(Nc2ccn(C)n2)n1. The van der Waals surface area contributed by atoms with Crippen LogP contribution in [0.15, 0.2) is 24.5 Å². The molecule has 0 radical (unpaired) electrons. The molecule has 0 aliphatic rings. The van der Waals surface area contributed by atoms with Crippen molar-refractivity contribution in [3.05, 3.63) is 24.5 Å². The summed E-state index contributed by atoms with van der Waals surface area (Å²) in [7, 11) is 1.85. The van der Waals surface area contributed by atoms with Gasteiger partial charge in [-0.3, -0.25) is 4.68 Å². The smallest absolute Gasteiger partial charge is 0.231 e. The summed E-state index contributed by atoms with van der Waals surface area (Å²) in [6, 6.07) is 3.59. The van der Waals surface area contributed by atoms with Crippen LogP contribution in [0.5, 0.6) is 5.88 Å². The average molecular weight is 233 g/mol. The summed E-state index contributed by atoms with van der Waals surface area (Å²) in [4.78, 5) is 8.32. The van der Waals surface area contributed by atoms with Gasteiger partial charge in [0.25, 0.3) is 0 Å². The van der Waals surface area contributed by atoms with E-state index in [1.807, 2.05) is 26.2 Å². The molecule has 0 fully saturated rings. The molecule has 0 unspecified atom stereocenters. The Hall–Kier alpha value is -2.11. The number of hydrogen-bond acceptors (Lipinski definition) is 5. The number of nitrogens with one attached hydrogen (secondary N) is 1. The Morgan fingerprint density at radius 1 is 1.41 bits per heavy atom. The molecule has 0 aliphatic heterocycles. The van der Waals surface area contributed by atoms with E-state index in [1.165, 1.54) is 0 Å². The molecule has 2 aromatic rings. The molecule has 0 atom stereocenters. The van der Waals surface area contributed by atoms with Crippen LogP contribution in [0.3, 0.4) is 0 Å². The first-order valence-corrected chi connectivity index (χ1v) is 5.50. The van der Waals surface area contributed by atoms with Crippen molar-refractivity contribution in [2.75, 3.05) is 11.9 Å². The van der Waals surface area contributed by atoms with E-state index < -0.39 is 0 Å². The second-order valence-electron chi connectivity index (χ2n) is 3.57. The molecule has 0 saturated carbocycles. The van der Waals surface area contributed by atoms with Crippen LogP contribution in [0.2, 0.25) is 0 Å². The number of ether oxygens (including phenoxy) is 1. The largest absolute Gasteiger partial charge is 0.478 e. The molecule has 2 aromatic heterocycles. The van der Waals surface area contributed by atoms with Crippen molar-refractivity contribution in [2.24, 2.45) is 7.05 Å². The Bertz CT molecular complexity index is 482. The topological polar surface area (TPSA) is 64.9 Å². The van der Waals surface area contributed by atoms with E-state index in [1.54, 1.807) is 16.9 Å². The summed E-state index contributed by atoms with van der Waals surface area (Å²) in [6.45, 7) is 2.70. The van der Waals surface area contributed by atoms with Crippen LogP contribution < -0.4 is 10.1 Å². The minimum atomic E-state index is 0.484. The summed E-state index contributed by atoms with van der Waals surface area (Å²) < 4.78 is 7.13. The fourth-order valence-electron chi connectivity index (χ4n) is 1.29. The highest BCUT2D eigenvalue weighted by Gasteiger charge is 2.02. The Labute approximate surface area is 99.7 Å². The van der Waals surface area contributed by atoms with Gasteiger partial charge in [-0.1, -0.05) is 6.92 Å². The van der Waals surface area contributed by atoms with Gasteiger partial charge in [0.1, 0.15) is 0 Å². The molecule has 6 heteroatoms. The van der Waals surface area contributed by atoms with Crippen molar-refractivity contribution in [1.82, 2.24) is 19.7 Å². The number of anilines is 2. The van der Waals surface area contributed by atoms with Gasteiger partial charge in [0.15, 0.2) is 5.82 Å². The third kappa shape index (κ3) is 3.17. The fraction of sp³-hybridized carbons (Fsp3) is 0.364.